The summed E-state index contributed by atoms with van der Waals surface area (Å²) in [5, 5.41) is 10.4. The fourth-order valence-corrected chi connectivity index (χ4v) is 5.19. The summed E-state index contributed by atoms with van der Waals surface area (Å²) in [6.45, 7) is 3.96. The van der Waals surface area contributed by atoms with E-state index in [4.69, 9.17) is 0 Å². The summed E-state index contributed by atoms with van der Waals surface area (Å²) in [5.74, 6) is 0. The molecule has 0 aromatic heterocycles. The van der Waals surface area contributed by atoms with E-state index in [1.54, 1.807) is 0 Å². The molecule has 0 amide bonds. The Morgan fingerprint density at radius 3 is 2.14 bits per heavy atom. The highest BCUT2D eigenvalue weighted by atomic mass is 32.2. The number of fused-ring (bicyclic) bond motifs is 2. The number of β-amino-alcohol motifs (C(OH)–C–C–N with tert-alkyl or cyclic N) is 1. The molecule has 1 N–H and O–H groups in total. The van der Waals surface area contributed by atoms with E-state index in [1.165, 1.54) is 42.7 Å². The molecule has 0 radical (unpaired) electrons. The first-order chi connectivity index (χ1) is 10.4. The molecule has 7 heteroatoms. The number of hydrogen-bond acceptors (Lipinski definition) is 5. The van der Waals surface area contributed by atoms with E-state index < -0.39 is 10.0 Å². The second kappa shape index (κ2) is 6.73. The van der Waals surface area contributed by atoms with Gasteiger partial charge in [-0.15, -0.1) is 0 Å². The molecule has 3 heterocycles. The SMILES string of the molecule is CS(=O)(=O)N1CCN(C[C@@H](O)CN2[C@@H]3CCC[C@H]2CC3)CC1. The molecular formula is C15H29N3O3S. The van der Waals surface area contributed by atoms with E-state index in [1.807, 2.05) is 0 Å². The topological polar surface area (TPSA) is 64.1 Å². The van der Waals surface area contributed by atoms with Crippen LogP contribution in [0.1, 0.15) is 32.1 Å². The second-order valence-corrected chi connectivity index (χ2v) is 9.11. The molecule has 22 heavy (non-hydrogen) atoms. The van der Waals surface area contributed by atoms with Gasteiger partial charge in [0.1, 0.15) is 0 Å². The highest BCUT2D eigenvalue weighted by molar-refractivity contribution is 7.88. The minimum Gasteiger partial charge on any atom is -0.390 e. The van der Waals surface area contributed by atoms with E-state index in [0.29, 0.717) is 31.7 Å². The van der Waals surface area contributed by atoms with Gasteiger partial charge >= 0.3 is 0 Å². The Labute approximate surface area is 134 Å². The van der Waals surface area contributed by atoms with Crippen molar-refractivity contribution in [3.05, 3.63) is 0 Å². The van der Waals surface area contributed by atoms with Crippen molar-refractivity contribution >= 4 is 10.0 Å². The number of rotatable bonds is 5. The van der Waals surface area contributed by atoms with Crippen LogP contribution >= 0.6 is 0 Å². The Bertz CT molecular complexity index is 460. The Morgan fingerprint density at radius 1 is 1.00 bits per heavy atom. The first-order valence-corrected chi connectivity index (χ1v) is 10.4. The highest BCUT2D eigenvalue weighted by Gasteiger charge is 2.37. The van der Waals surface area contributed by atoms with Crippen LogP contribution in [-0.2, 0) is 10.0 Å². The number of piperidine rings is 1. The molecule has 3 aliphatic rings. The lowest BCUT2D eigenvalue weighted by atomic mass is 10.0. The fraction of sp³-hybridized carbons (Fsp3) is 1.00. The molecule has 3 atom stereocenters. The van der Waals surface area contributed by atoms with Crippen LogP contribution < -0.4 is 0 Å². The number of sulfonamides is 1. The summed E-state index contributed by atoms with van der Waals surface area (Å²) in [5.41, 5.74) is 0. The Balaban J connectivity index is 1.44. The third-order valence-electron chi connectivity index (χ3n) is 5.54. The molecule has 0 saturated carbocycles. The molecule has 0 aromatic carbocycles. The van der Waals surface area contributed by atoms with Gasteiger partial charge in [0.2, 0.25) is 10.0 Å². The smallest absolute Gasteiger partial charge is 0.211 e. The zero-order chi connectivity index (χ0) is 15.7. The van der Waals surface area contributed by atoms with Crippen molar-refractivity contribution < 1.29 is 13.5 Å². The van der Waals surface area contributed by atoms with Crippen molar-refractivity contribution in [2.24, 2.45) is 0 Å². The molecule has 2 bridgehead atoms. The molecule has 0 spiro atoms. The first-order valence-electron chi connectivity index (χ1n) is 8.55. The number of piperazine rings is 1. The van der Waals surface area contributed by atoms with E-state index in [0.717, 1.165) is 19.6 Å². The maximum Gasteiger partial charge on any atom is 0.211 e. The van der Waals surface area contributed by atoms with Gasteiger partial charge in [0.25, 0.3) is 0 Å². The van der Waals surface area contributed by atoms with E-state index in [9.17, 15) is 13.5 Å². The van der Waals surface area contributed by atoms with E-state index >= 15 is 0 Å². The molecule has 3 saturated heterocycles. The third-order valence-corrected chi connectivity index (χ3v) is 6.84. The normalized spacial score (nSPS) is 33.2. The average Bonchev–Trinajstić information content (AvgIpc) is 2.69. The summed E-state index contributed by atoms with van der Waals surface area (Å²) < 4.78 is 24.5. The van der Waals surface area contributed by atoms with Crippen LogP contribution in [0.5, 0.6) is 0 Å². The van der Waals surface area contributed by atoms with Gasteiger partial charge < -0.3 is 5.11 Å². The Kier molecular flexibility index (Phi) is 5.09. The number of aliphatic hydroxyl groups is 1. The van der Waals surface area contributed by atoms with Crippen molar-refractivity contribution in [3.63, 3.8) is 0 Å². The molecule has 3 aliphatic heterocycles. The predicted octanol–water partition coefficient (Wildman–Crippen LogP) is -0.0586. The standard InChI is InChI=1S/C15H29N3O3S/c1-22(20,21)17-9-7-16(8-10-17)11-15(19)12-18-13-3-2-4-14(18)6-5-13/h13-15,19H,2-12H2,1H3/t13-,14+,15-/m1/s1. The van der Waals surface area contributed by atoms with Crippen molar-refractivity contribution in [3.8, 4) is 0 Å². The van der Waals surface area contributed by atoms with Gasteiger partial charge in [-0.3, -0.25) is 9.80 Å². The van der Waals surface area contributed by atoms with Crippen LogP contribution in [0.15, 0.2) is 0 Å². The second-order valence-electron chi connectivity index (χ2n) is 7.13. The van der Waals surface area contributed by atoms with Crippen LogP contribution in [0.2, 0.25) is 0 Å². The van der Waals surface area contributed by atoms with Gasteiger partial charge in [-0.2, -0.15) is 4.31 Å². The van der Waals surface area contributed by atoms with Gasteiger partial charge in [-0.1, -0.05) is 6.42 Å². The quantitative estimate of drug-likeness (QED) is 0.765. The van der Waals surface area contributed by atoms with Crippen LogP contribution in [0.25, 0.3) is 0 Å². The lowest BCUT2D eigenvalue weighted by Crippen LogP contribution is -2.52. The van der Waals surface area contributed by atoms with Crippen LogP contribution in [0.4, 0.5) is 0 Å². The number of aliphatic hydroxyl groups excluding tert-OH is 1. The van der Waals surface area contributed by atoms with Gasteiger partial charge in [-0.05, 0) is 25.7 Å². The molecule has 3 fully saturated rings. The van der Waals surface area contributed by atoms with Gasteiger partial charge in [0.05, 0.1) is 12.4 Å². The van der Waals surface area contributed by atoms with Crippen LogP contribution in [-0.4, -0.2) is 91.3 Å². The molecule has 0 aromatic rings. The largest absolute Gasteiger partial charge is 0.390 e. The summed E-state index contributed by atoms with van der Waals surface area (Å²) in [6.07, 6.45) is 7.45. The summed E-state index contributed by atoms with van der Waals surface area (Å²) in [4.78, 5) is 4.72. The molecule has 0 aliphatic carbocycles. The molecule has 128 valence electrons. The zero-order valence-electron chi connectivity index (χ0n) is 13.5. The Hall–Kier alpha value is -0.210. The fourth-order valence-electron chi connectivity index (χ4n) is 4.36. The minimum atomic E-state index is -3.07. The van der Waals surface area contributed by atoms with Gasteiger partial charge in [0, 0.05) is 51.4 Å². The monoisotopic (exact) mass is 331 g/mol. The van der Waals surface area contributed by atoms with Crippen molar-refractivity contribution in [2.75, 3.05) is 45.5 Å². The van der Waals surface area contributed by atoms with E-state index in [2.05, 4.69) is 9.80 Å². The molecular weight excluding hydrogens is 302 g/mol. The minimum absolute atomic E-state index is 0.328. The number of hydrogen-bond donors (Lipinski definition) is 1. The average molecular weight is 331 g/mol. The molecule has 6 nitrogen and oxygen atoms in total. The maximum absolute atomic E-state index is 11.5. The van der Waals surface area contributed by atoms with Crippen LogP contribution in [0.3, 0.4) is 0 Å². The maximum atomic E-state index is 11.5. The lowest BCUT2D eigenvalue weighted by Gasteiger charge is -2.38. The predicted molar refractivity (Wildman–Crippen MR) is 86.2 cm³/mol. The van der Waals surface area contributed by atoms with Crippen molar-refractivity contribution in [1.82, 2.24) is 14.1 Å². The Morgan fingerprint density at radius 2 is 1.59 bits per heavy atom. The molecule has 3 rings (SSSR count). The number of nitrogens with zero attached hydrogens (tertiary/aromatic N) is 3. The van der Waals surface area contributed by atoms with Crippen molar-refractivity contribution in [1.29, 1.82) is 0 Å². The summed E-state index contributed by atoms with van der Waals surface area (Å²) in [7, 11) is -3.07. The summed E-state index contributed by atoms with van der Waals surface area (Å²) in [6, 6.07) is 1.38. The van der Waals surface area contributed by atoms with Crippen molar-refractivity contribution in [2.45, 2.75) is 50.3 Å². The summed E-state index contributed by atoms with van der Waals surface area (Å²) >= 11 is 0. The van der Waals surface area contributed by atoms with E-state index in [-0.39, 0.29) is 6.10 Å². The highest BCUT2D eigenvalue weighted by Crippen LogP contribution is 2.35. The first kappa shape index (κ1) is 16.6. The third kappa shape index (κ3) is 3.82. The lowest BCUT2D eigenvalue weighted by molar-refractivity contribution is 0.0339. The molecule has 0 unspecified atom stereocenters. The zero-order valence-corrected chi connectivity index (χ0v) is 14.3. The van der Waals surface area contributed by atoms with Gasteiger partial charge in [-0.25, -0.2) is 8.42 Å². The van der Waals surface area contributed by atoms with Gasteiger partial charge in [0.15, 0.2) is 0 Å². The van der Waals surface area contributed by atoms with Crippen LogP contribution in [0, 0.1) is 0 Å².